The number of rotatable bonds is 5. The first-order valence-electron chi connectivity index (χ1n) is 6.11. The van der Waals surface area contributed by atoms with Gasteiger partial charge in [0.05, 0.1) is 5.69 Å². The minimum absolute atomic E-state index is 0.0317. The van der Waals surface area contributed by atoms with Gasteiger partial charge in [-0.25, -0.2) is 0 Å². The van der Waals surface area contributed by atoms with Crippen molar-refractivity contribution in [1.29, 1.82) is 0 Å². The van der Waals surface area contributed by atoms with Crippen LogP contribution in [0.2, 0.25) is 0 Å². The Morgan fingerprint density at radius 1 is 1.47 bits per heavy atom. The molecule has 0 saturated carbocycles. The smallest absolute Gasteiger partial charge is 0.258 e. The van der Waals surface area contributed by atoms with Crippen LogP contribution in [0.15, 0.2) is 22.7 Å². The van der Waals surface area contributed by atoms with E-state index in [2.05, 4.69) is 17.1 Å². The molecule has 0 aliphatic carbocycles. The van der Waals surface area contributed by atoms with E-state index in [0.29, 0.717) is 17.3 Å². The third-order valence-corrected chi connectivity index (χ3v) is 2.84. The zero-order valence-electron chi connectivity index (χ0n) is 11.0. The molecule has 3 N–H and O–H groups in total. The van der Waals surface area contributed by atoms with E-state index in [1.54, 1.807) is 19.2 Å². The molecule has 0 spiro atoms. The van der Waals surface area contributed by atoms with E-state index < -0.39 is 0 Å². The van der Waals surface area contributed by atoms with Crippen molar-refractivity contribution < 1.29 is 14.4 Å². The van der Waals surface area contributed by atoms with Crippen LogP contribution in [0, 0.1) is 0 Å². The van der Waals surface area contributed by atoms with E-state index in [1.807, 2.05) is 0 Å². The summed E-state index contributed by atoms with van der Waals surface area (Å²) < 4.78 is 10.5. The number of nitrogens with zero attached hydrogens (tertiary/aromatic N) is 2. The van der Waals surface area contributed by atoms with Crippen molar-refractivity contribution in [3.05, 3.63) is 24.0 Å². The molecule has 0 aliphatic rings. The number of methoxy groups -OCH3 is 1. The predicted octanol–water partition coefficient (Wildman–Crippen LogP) is 2.51. The highest BCUT2D eigenvalue weighted by molar-refractivity contribution is 5.64. The lowest BCUT2D eigenvalue weighted by Crippen LogP contribution is -2.03. The Morgan fingerprint density at radius 3 is 2.89 bits per heavy atom. The van der Waals surface area contributed by atoms with Crippen LogP contribution < -0.4 is 5.73 Å². The van der Waals surface area contributed by atoms with Crippen molar-refractivity contribution in [3.63, 3.8) is 0 Å². The van der Waals surface area contributed by atoms with Crippen LogP contribution in [0.5, 0.6) is 5.75 Å². The van der Waals surface area contributed by atoms with Gasteiger partial charge in [-0.05, 0) is 24.6 Å². The van der Waals surface area contributed by atoms with Crippen molar-refractivity contribution in [2.45, 2.75) is 25.9 Å². The molecule has 1 heterocycles. The molecule has 1 unspecified atom stereocenters. The second-order valence-corrected chi connectivity index (χ2v) is 4.24. The average molecular weight is 263 g/mol. The highest BCUT2D eigenvalue weighted by Gasteiger charge is 2.18. The van der Waals surface area contributed by atoms with Crippen LogP contribution in [0.3, 0.4) is 0 Å². The summed E-state index contributed by atoms with van der Waals surface area (Å²) in [5, 5.41) is 13.3. The van der Waals surface area contributed by atoms with Gasteiger partial charge in [0, 0.05) is 12.7 Å². The number of hydrogen-bond acceptors (Lipinski definition) is 6. The molecule has 1 aromatic carbocycles. The van der Waals surface area contributed by atoms with Crippen LogP contribution in [0.25, 0.3) is 11.5 Å². The number of hydrogen-bond donors (Lipinski definition) is 2. The van der Waals surface area contributed by atoms with E-state index in [1.165, 1.54) is 6.07 Å². The van der Waals surface area contributed by atoms with Crippen molar-refractivity contribution in [1.82, 2.24) is 10.1 Å². The van der Waals surface area contributed by atoms with Gasteiger partial charge in [-0.3, -0.25) is 0 Å². The minimum Gasteiger partial charge on any atom is -0.506 e. The van der Waals surface area contributed by atoms with Crippen LogP contribution in [-0.4, -0.2) is 22.4 Å². The Hall–Kier alpha value is -2.08. The van der Waals surface area contributed by atoms with Gasteiger partial charge in [-0.1, -0.05) is 18.5 Å². The van der Waals surface area contributed by atoms with Gasteiger partial charge >= 0.3 is 0 Å². The minimum atomic E-state index is -0.169. The van der Waals surface area contributed by atoms with Gasteiger partial charge in [-0.2, -0.15) is 4.98 Å². The Kier molecular flexibility index (Phi) is 4.01. The summed E-state index contributed by atoms with van der Waals surface area (Å²) in [5.41, 5.74) is 6.57. The maximum atomic E-state index is 9.38. The van der Waals surface area contributed by atoms with E-state index in [4.69, 9.17) is 15.0 Å². The van der Waals surface area contributed by atoms with Gasteiger partial charge < -0.3 is 20.1 Å². The maximum Gasteiger partial charge on any atom is 0.258 e. The largest absolute Gasteiger partial charge is 0.506 e. The van der Waals surface area contributed by atoms with Crippen LogP contribution in [-0.2, 0) is 4.74 Å². The number of phenolic OH excluding ortho intramolecular Hbond substituents is 1. The molecule has 0 saturated heterocycles. The molecular formula is C13H17N3O3. The van der Waals surface area contributed by atoms with E-state index >= 15 is 0 Å². The molecule has 0 aliphatic heterocycles. The van der Waals surface area contributed by atoms with Gasteiger partial charge in [0.15, 0.2) is 0 Å². The van der Waals surface area contributed by atoms with Gasteiger partial charge in [-0.15, -0.1) is 0 Å². The summed E-state index contributed by atoms with van der Waals surface area (Å²) in [7, 11) is 1.62. The summed E-state index contributed by atoms with van der Waals surface area (Å²) in [6.07, 6.45) is 1.62. The highest BCUT2D eigenvalue weighted by Crippen LogP contribution is 2.28. The Morgan fingerprint density at radius 2 is 2.26 bits per heavy atom. The highest BCUT2D eigenvalue weighted by atomic mass is 16.5. The maximum absolute atomic E-state index is 9.38. The van der Waals surface area contributed by atoms with E-state index in [9.17, 15) is 5.11 Å². The standard InChI is InChI=1S/C13H17N3O3/c1-3-4-11(18-2)12-15-13(19-16-12)8-5-6-10(17)9(14)7-8/h5-7,11,17H,3-4,14H2,1-2H3. The third-order valence-electron chi connectivity index (χ3n) is 2.84. The zero-order valence-corrected chi connectivity index (χ0v) is 11.0. The zero-order chi connectivity index (χ0) is 13.8. The number of aromatic nitrogens is 2. The Labute approximate surface area is 111 Å². The summed E-state index contributed by atoms with van der Waals surface area (Å²) in [6.45, 7) is 2.06. The number of ether oxygens (including phenoxy) is 1. The molecule has 2 rings (SSSR count). The summed E-state index contributed by atoms with van der Waals surface area (Å²) in [5.74, 6) is 0.912. The fraction of sp³-hybridized carbons (Fsp3) is 0.385. The lowest BCUT2D eigenvalue weighted by atomic mass is 10.2. The van der Waals surface area contributed by atoms with Gasteiger partial charge in [0.1, 0.15) is 11.9 Å². The number of benzene rings is 1. The van der Waals surface area contributed by atoms with Crippen LogP contribution in [0.1, 0.15) is 31.7 Å². The van der Waals surface area contributed by atoms with E-state index in [0.717, 1.165) is 12.8 Å². The molecule has 6 heteroatoms. The number of anilines is 1. The van der Waals surface area contributed by atoms with Crippen molar-refractivity contribution in [2.75, 3.05) is 12.8 Å². The quantitative estimate of drug-likeness (QED) is 0.635. The fourth-order valence-electron chi connectivity index (χ4n) is 1.78. The van der Waals surface area contributed by atoms with Crippen molar-refractivity contribution in [3.8, 4) is 17.2 Å². The summed E-state index contributed by atoms with van der Waals surface area (Å²) in [6, 6.07) is 4.76. The van der Waals surface area contributed by atoms with Gasteiger partial charge in [0.2, 0.25) is 5.82 Å². The number of aromatic hydroxyl groups is 1. The molecule has 102 valence electrons. The van der Waals surface area contributed by atoms with Crippen LogP contribution >= 0.6 is 0 Å². The monoisotopic (exact) mass is 263 g/mol. The topological polar surface area (TPSA) is 94.4 Å². The molecule has 19 heavy (non-hydrogen) atoms. The summed E-state index contributed by atoms with van der Waals surface area (Å²) in [4.78, 5) is 4.30. The lowest BCUT2D eigenvalue weighted by molar-refractivity contribution is 0.0854. The SMILES string of the molecule is CCCC(OC)c1noc(-c2ccc(O)c(N)c2)n1. The second-order valence-electron chi connectivity index (χ2n) is 4.24. The Bertz CT molecular complexity index is 554. The number of phenols is 1. The first kappa shape index (κ1) is 13.4. The number of nitrogen functional groups attached to an aromatic ring is 1. The molecule has 1 atom stereocenters. The van der Waals surface area contributed by atoms with Crippen molar-refractivity contribution in [2.24, 2.45) is 0 Å². The molecule has 6 nitrogen and oxygen atoms in total. The average Bonchev–Trinajstić information content (AvgIpc) is 2.88. The Balaban J connectivity index is 2.27. The first-order valence-corrected chi connectivity index (χ1v) is 6.11. The predicted molar refractivity (Wildman–Crippen MR) is 70.5 cm³/mol. The molecule has 0 bridgehead atoms. The lowest BCUT2D eigenvalue weighted by Gasteiger charge is -2.08. The van der Waals surface area contributed by atoms with Gasteiger partial charge in [0.25, 0.3) is 5.89 Å². The molecule has 2 aromatic rings. The molecule has 1 aromatic heterocycles. The molecule has 0 radical (unpaired) electrons. The fourth-order valence-corrected chi connectivity index (χ4v) is 1.78. The number of nitrogens with two attached hydrogens (primary N) is 1. The molecule has 0 fully saturated rings. The van der Waals surface area contributed by atoms with Crippen molar-refractivity contribution >= 4 is 5.69 Å². The third kappa shape index (κ3) is 2.85. The van der Waals surface area contributed by atoms with E-state index in [-0.39, 0.29) is 17.5 Å². The molecule has 0 amide bonds. The first-order chi connectivity index (χ1) is 9.15. The second kappa shape index (κ2) is 5.71. The van der Waals surface area contributed by atoms with Crippen LogP contribution in [0.4, 0.5) is 5.69 Å². The summed E-state index contributed by atoms with van der Waals surface area (Å²) >= 11 is 0. The normalized spacial score (nSPS) is 12.5. The molecular weight excluding hydrogens is 246 g/mol.